The molecule has 0 radical (unpaired) electrons. The molecule has 2 heterocycles. The van der Waals surface area contributed by atoms with E-state index < -0.39 is 0 Å². The highest BCUT2D eigenvalue weighted by atomic mass is 32.1. The van der Waals surface area contributed by atoms with Gasteiger partial charge in [0.2, 0.25) is 0 Å². The molecule has 0 fully saturated rings. The fourth-order valence-electron chi connectivity index (χ4n) is 2.02. The van der Waals surface area contributed by atoms with Crippen LogP contribution >= 0.6 is 11.3 Å². The monoisotopic (exact) mass is 289 g/mol. The van der Waals surface area contributed by atoms with Crippen LogP contribution in [0.1, 0.15) is 16.1 Å². The summed E-state index contributed by atoms with van der Waals surface area (Å²) in [6.45, 7) is 3.59. The van der Waals surface area contributed by atoms with Crippen LogP contribution in [0.25, 0.3) is 0 Å². The second-order valence-electron chi connectivity index (χ2n) is 4.65. The van der Waals surface area contributed by atoms with Crippen molar-refractivity contribution in [2.45, 2.75) is 20.0 Å². The van der Waals surface area contributed by atoms with Crippen LogP contribution in [-0.4, -0.2) is 17.5 Å². The lowest BCUT2D eigenvalue weighted by Crippen LogP contribution is -2.20. The minimum absolute atomic E-state index is 0.00799. The van der Waals surface area contributed by atoms with Crippen LogP contribution in [-0.2, 0) is 17.9 Å². The first-order chi connectivity index (χ1) is 9.70. The molecule has 3 rings (SSSR count). The van der Waals surface area contributed by atoms with E-state index in [-0.39, 0.29) is 12.5 Å². The molecule has 0 spiro atoms. The molecular formula is C14H15N3O2S. The van der Waals surface area contributed by atoms with E-state index in [2.05, 4.69) is 15.6 Å². The number of hydrogen-bond donors (Lipinski definition) is 2. The van der Waals surface area contributed by atoms with E-state index >= 15 is 0 Å². The third-order valence-electron chi connectivity index (χ3n) is 2.96. The van der Waals surface area contributed by atoms with Gasteiger partial charge in [0.1, 0.15) is 5.75 Å². The molecule has 0 bridgehead atoms. The largest absolute Gasteiger partial charge is 0.484 e. The van der Waals surface area contributed by atoms with Crippen molar-refractivity contribution in [1.82, 2.24) is 10.3 Å². The lowest BCUT2D eigenvalue weighted by molar-refractivity contribution is -0.118. The normalized spacial score (nSPS) is 13.1. The first-order valence-electron chi connectivity index (χ1n) is 6.39. The predicted molar refractivity (Wildman–Crippen MR) is 78.0 cm³/mol. The molecule has 20 heavy (non-hydrogen) atoms. The zero-order chi connectivity index (χ0) is 13.9. The van der Waals surface area contributed by atoms with E-state index in [0.717, 1.165) is 24.3 Å². The Bertz CT molecular complexity index is 618. The lowest BCUT2D eigenvalue weighted by Gasteiger charge is -2.06. The van der Waals surface area contributed by atoms with Gasteiger partial charge in [-0.15, -0.1) is 11.3 Å². The minimum Gasteiger partial charge on any atom is -0.484 e. The van der Waals surface area contributed by atoms with E-state index in [1.165, 1.54) is 16.2 Å². The number of anilines is 1. The molecule has 1 aromatic carbocycles. The summed E-state index contributed by atoms with van der Waals surface area (Å²) in [5.74, 6) is 0.512. The Morgan fingerprint density at radius 1 is 1.50 bits per heavy atom. The van der Waals surface area contributed by atoms with Crippen molar-refractivity contribution in [2.75, 3.05) is 11.9 Å². The fraction of sp³-hybridized carbons (Fsp3) is 0.286. The molecule has 1 aliphatic heterocycles. The van der Waals surface area contributed by atoms with Gasteiger partial charge in [0.15, 0.2) is 11.7 Å². The molecule has 6 heteroatoms. The van der Waals surface area contributed by atoms with Crippen LogP contribution in [0.2, 0.25) is 0 Å². The summed E-state index contributed by atoms with van der Waals surface area (Å²) in [4.78, 5) is 17.4. The second kappa shape index (κ2) is 5.60. The molecule has 104 valence electrons. The summed E-state index contributed by atoms with van der Waals surface area (Å²) in [5.41, 5.74) is 2.14. The van der Waals surface area contributed by atoms with Gasteiger partial charge in [-0.05, 0) is 24.6 Å². The number of ether oxygens (including phenoxy) is 1. The Morgan fingerprint density at radius 3 is 3.20 bits per heavy atom. The highest BCUT2D eigenvalue weighted by Gasteiger charge is 2.17. The Morgan fingerprint density at radius 2 is 2.40 bits per heavy atom. The van der Waals surface area contributed by atoms with Crippen molar-refractivity contribution in [3.63, 3.8) is 0 Å². The molecule has 2 aromatic rings. The van der Waals surface area contributed by atoms with Crippen molar-refractivity contribution in [3.05, 3.63) is 40.4 Å². The number of nitrogens with zero attached hydrogens (tertiary/aromatic N) is 1. The van der Waals surface area contributed by atoms with Gasteiger partial charge in [-0.25, -0.2) is 4.98 Å². The maximum Gasteiger partial charge on any atom is 0.264 e. The van der Waals surface area contributed by atoms with Gasteiger partial charge in [-0.1, -0.05) is 12.1 Å². The van der Waals surface area contributed by atoms with Crippen LogP contribution in [0.3, 0.4) is 0 Å². The van der Waals surface area contributed by atoms with Gasteiger partial charge in [0.05, 0.1) is 5.69 Å². The summed E-state index contributed by atoms with van der Waals surface area (Å²) in [6, 6.07) is 7.62. The number of carbonyl (C=O) groups excluding carboxylic acids is 1. The number of carbonyl (C=O) groups is 1. The number of hydrogen-bond acceptors (Lipinski definition) is 5. The van der Waals surface area contributed by atoms with Crippen LogP contribution in [0, 0.1) is 6.92 Å². The van der Waals surface area contributed by atoms with Crippen molar-refractivity contribution < 1.29 is 9.53 Å². The summed E-state index contributed by atoms with van der Waals surface area (Å²) >= 11 is 1.51. The summed E-state index contributed by atoms with van der Waals surface area (Å²) in [5, 5.41) is 6.63. The average molecular weight is 289 g/mol. The Labute approximate surface area is 121 Å². The molecule has 0 aliphatic carbocycles. The summed E-state index contributed by atoms with van der Waals surface area (Å²) < 4.78 is 5.45. The minimum atomic E-state index is -0.188. The van der Waals surface area contributed by atoms with Gasteiger partial charge in [0, 0.05) is 18.0 Å². The quantitative estimate of drug-likeness (QED) is 0.904. The van der Waals surface area contributed by atoms with E-state index in [4.69, 9.17) is 4.74 Å². The second-order valence-corrected chi connectivity index (χ2v) is 5.73. The molecule has 0 saturated heterocycles. The SMILES string of the molecule is Cc1cccc(OCC(=O)Nc2nc3c(s2)CNC3)c1. The number of aryl methyl sites for hydroxylation is 1. The molecular weight excluding hydrogens is 274 g/mol. The van der Waals surface area contributed by atoms with E-state index in [0.29, 0.717) is 10.9 Å². The molecule has 0 atom stereocenters. The van der Waals surface area contributed by atoms with E-state index in [1.807, 2.05) is 31.2 Å². The number of thiazole rings is 1. The smallest absolute Gasteiger partial charge is 0.264 e. The van der Waals surface area contributed by atoms with Gasteiger partial charge < -0.3 is 10.1 Å². The first kappa shape index (κ1) is 13.1. The van der Waals surface area contributed by atoms with Crippen molar-refractivity contribution in [1.29, 1.82) is 0 Å². The van der Waals surface area contributed by atoms with E-state index in [1.54, 1.807) is 0 Å². The maximum absolute atomic E-state index is 11.8. The third-order valence-corrected chi connectivity index (χ3v) is 3.98. The van der Waals surface area contributed by atoms with Crippen LogP contribution < -0.4 is 15.4 Å². The number of aromatic nitrogens is 1. The summed E-state index contributed by atoms with van der Waals surface area (Å²) in [6.07, 6.45) is 0. The lowest BCUT2D eigenvalue weighted by atomic mass is 10.2. The van der Waals surface area contributed by atoms with E-state index in [9.17, 15) is 4.79 Å². The first-order valence-corrected chi connectivity index (χ1v) is 7.21. The number of benzene rings is 1. The van der Waals surface area contributed by atoms with Gasteiger partial charge in [0.25, 0.3) is 5.91 Å². The predicted octanol–water partition coefficient (Wildman–Crippen LogP) is 2.07. The average Bonchev–Trinajstić information content (AvgIpc) is 2.97. The molecule has 1 aromatic heterocycles. The molecule has 2 N–H and O–H groups in total. The number of nitrogens with one attached hydrogen (secondary N) is 2. The number of rotatable bonds is 4. The zero-order valence-electron chi connectivity index (χ0n) is 11.1. The molecule has 0 saturated carbocycles. The Kier molecular flexibility index (Phi) is 3.66. The van der Waals surface area contributed by atoms with Gasteiger partial charge in [-0.2, -0.15) is 0 Å². The fourth-order valence-corrected chi connectivity index (χ4v) is 2.98. The maximum atomic E-state index is 11.8. The molecule has 5 nitrogen and oxygen atoms in total. The number of amides is 1. The van der Waals surface area contributed by atoms with Crippen molar-refractivity contribution in [2.24, 2.45) is 0 Å². The molecule has 0 unspecified atom stereocenters. The highest BCUT2D eigenvalue weighted by Crippen LogP contribution is 2.26. The number of fused-ring (bicyclic) bond motifs is 1. The van der Waals surface area contributed by atoms with Crippen molar-refractivity contribution in [3.8, 4) is 5.75 Å². The third kappa shape index (κ3) is 2.97. The summed E-state index contributed by atoms with van der Waals surface area (Å²) in [7, 11) is 0. The van der Waals surface area contributed by atoms with Crippen molar-refractivity contribution >= 4 is 22.4 Å². The highest BCUT2D eigenvalue weighted by molar-refractivity contribution is 7.15. The van der Waals surface area contributed by atoms with Gasteiger partial charge in [-0.3, -0.25) is 10.1 Å². The molecule has 1 amide bonds. The van der Waals surface area contributed by atoms with Crippen LogP contribution in [0.4, 0.5) is 5.13 Å². The topological polar surface area (TPSA) is 63.2 Å². The Balaban J connectivity index is 1.54. The van der Waals surface area contributed by atoms with Crippen LogP contribution in [0.5, 0.6) is 5.75 Å². The Hall–Kier alpha value is -1.92. The standard InChI is InChI=1S/C14H15N3O2S/c1-9-3-2-4-10(5-9)19-8-13(18)17-14-16-11-6-15-7-12(11)20-14/h2-5,15H,6-8H2,1H3,(H,16,17,18). The molecule has 1 aliphatic rings. The zero-order valence-corrected chi connectivity index (χ0v) is 11.9. The van der Waals surface area contributed by atoms with Gasteiger partial charge >= 0.3 is 0 Å². The van der Waals surface area contributed by atoms with Crippen LogP contribution in [0.15, 0.2) is 24.3 Å².